The van der Waals surface area contributed by atoms with Gasteiger partial charge in [-0.15, -0.1) is 10.2 Å². The maximum atomic E-state index is 12.5. The number of carbonyl (C=O) groups is 2. The number of rotatable bonds is 4. The molecule has 3 aromatic rings. The van der Waals surface area contributed by atoms with Crippen molar-refractivity contribution in [3.63, 3.8) is 0 Å². The molecule has 0 radical (unpaired) electrons. The van der Waals surface area contributed by atoms with E-state index in [0.717, 1.165) is 16.3 Å². The van der Waals surface area contributed by atoms with Crippen molar-refractivity contribution in [1.29, 1.82) is 0 Å². The quantitative estimate of drug-likeness (QED) is 0.752. The number of hydrogen-bond donors (Lipinski definition) is 1. The van der Waals surface area contributed by atoms with Crippen molar-refractivity contribution >= 4 is 34.0 Å². The number of carbonyl (C=O) groups excluding carboxylic acids is 2. The largest absolute Gasteiger partial charge is 0.311 e. The minimum atomic E-state index is -0.220. The molecule has 1 atom stereocenters. The number of nitrogens with one attached hydrogen (secondary N) is 1. The number of benzene rings is 2. The smallest absolute Gasteiger partial charge is 0.257 e. The monoisotopic (exact) mass is 378 g/mol. The summed E-state index contributed by atoms with van der Waals surface area (Å²) >= 11 is 1.32. The maximum Gasteiger partial charge on any atom is 0.257 e. The summed E-state index contributed by atoms with van der Waals surface area (Å²) in [5.74, 6) is -0.154. The van der Waals surface area contributed by atoms with Crippen molar-refractivity contribution < 1.29 is 9.59 Å². The lowest BCUT2D eigenvalue weighted by Crippen LogP contribution is -2.25. The Hall–Kier alpha value is -3.06. The van der Waals surface area contributed by atoms with Crippen molar-refractivity contribution in [1.82, 2.24) is 10.2 Å². The molecule has 136 valence electrons. The van der Waals surface area contributed by atoms with Gasteiger partial charge in [-0.05, 0) is 30.7 Å². The first-order valence-electron chi connectivity index (χ1n) is 8.67. The topological polar surface area (TPSA) is 75.2 Å². The normalized spacial score (nSPS) is 16.6. The number of hydrogen-bond acceptors (Lipinski definition) is 5. The van der Waals surface area contributed by atoms with E-state index in [2.05, 4.69) is 15.5 Å². The van der Waals surface area contributed by atoms with Crippen LogP contribution in [-0.4, -0.2) is 28.6 Å². The molecule has 0 bridgehead atoms. The lowest BCUT2D eigenvalue weighted by molar-refractivity contribution is -0.117. The summed E-state index contributed by atoms with van der Waals surface area (Å²) in [6.45, 7) is 2.57. The molecule has 1 fully saturated rings. The molecule has 0 spiro atoms. The average molecular weight is 378 g/mol. The summed E-state index contributed by atoms with van der Waals surface area (Å²) in [7, 11) is 0. The SMILES string of the molecule is Cc1ccccc1N1CC(c2nnc(NC(=O)c3ccccc3)s2)CC1=O. The molecule has 2 aromatic carbocycles. The highest BCUT2D eigenvalue weighted by Crippen LogP contribution is 2.35. The third-order valence-electron chi connectivity index (χ3n) is 4.58. The molecule has 1 unspecified atom stereocenters. The van der Waals surface area contributed by atoms with Gasteiger partial charge in [-0.3, -0.25) is 14.9 Å². The second-order valence-corrected chi connectivity index (χ2v) is 7.47. The number of para-hydroxylation sites is 1. The minimum Gasteiger partial charge on any atom is -0.311 e. The van der Waals surface area contributed by atoms with Crippen LogP contribution in [0.1, 0.15) is 33.3 Å². The molecule has 1 aromatic heterocycles. The van der Waals surface area contributed by atoms with Gasteiger partial charge in [-0.1, -0.05) is 47.7 Å². The van der Waals surface area contributed by atoms with Crippen LogP contribution in [0.25, 0.3) is 0 Å². The number of amides is 2. The summed E-state index contributed by atoms with van der Waals surface area (Å²) < 4.78 is 0. The fourth-order valence-electron chi connectivity index (χ4n) is 3.18. The summed E-state index contributed by atoms with van der Waals surface area (Å²) in [5, 5.41) is 12.3. The van der Waals surface area contributed by atoms with Crippen LogP contribution in [0.2, 0.25) is 0 Å². The summed E-state index contributed by atoms with van der Waals surface area (Å²) in [5.41, 5.74) is 2.57. The number of aromatic nitrogens is 2. The van der Waals surface area contributed by atoms with Gasteiger partial charge in [0, 0.05) is 30.1 Å². The van der Waals surface area contributed by atoms with E-state index in [1.54, 1.807) is 12.1 Å². The molecule has 0 aliphatic carbocycles. The van der Waals surface area contributed by atoms with Gasteiger partial charge in [0.15, 0.2) is 0 Å². The summed E-state index contributed by atoms with van der Waals surface area (Å²) in [6.07, 6.45) is 0.398. The highest BCUT2D eigenvalue weighted by Gasteiger charge is 2.34. The number of aryl methyl sites for hydroxylation is 1. The van der Waals surface area contributed by atoms with Crippen LogP contribution in [0.15, 0.2) is 54.6 Å². The van der Waals surface area contributed by atoms with E-state index in [1.165, 1.54) is 11.3 Å². The van der Waals surface area contributed by atoms with Crippen molar-refractivity contribution in [2.75, 3.05) is 16.8 Å². The van der Waals surface area contributed by atoms with Crippen molar-refractivity contribution in [3.05, 3.63) is 70.7 Å². The van der Waals surface area contributed by atoms with E-state index >= 15 is 0 Å². The Morgan fingerprint density at radius 1 is 1.11 bits per heavy atom. The van der Waals surface area contributed by atoms with Crippen LogP contribution in [0.4, 0.5) is 10.8 Å². The zero-order valence-electron chi connectivity index (χ0n) is 14.8. The van der Waals surface area contributed by atoms with Gasteiger partial charge in [-0.2, -0.15) is 0 Å². The molecular formula is C20H18N4O2S. The summed E-state index contributed by atoms with van der Waals surface area (Å²) in [6, 6.07) is 16.8. The van der Waals surface area contributed by atoms with Crippen LogP contribution in [0.5, 0.6) is 0 Å². The molecule has 0 saturated carbocycles. The van der Waals surface area contributed by atoms with E-state index < -0.39 is 0 Å². The third-order valence-corrected chi connectivity index (χ3v) is 5.58. The molecule has 1 aliphatic heterocycles. The molecule has 1 N–H and O–H groups in total. The van der Waals surface area contributed by atoms with Gasteiger partial charge < -0.3 is 4.90 Å². The second kappa shape index (κ2) is 7.28. The standard InChI is InChI=1S/C20H18N4O2S/c1-13-7-5-6-10-16(13)24-12-15(11-17(24)25)19-22-23-20(27-19)21-18(26)14-8-3-2-4-9-14/h2-10,15H,11-12H2,1H3,(H,21,23,26). The van der Waals surface area contributed by atoms with Crippen molar-refractivity contribution in [2.45, 2.75) is 19.3 Å². The molecule has 4 rings (SSSR count). The number of anilines is 2. The predicted molar refractivity (Wildman–Crippen MR) is 105 cm³/mol. The van der Waals surface area contributed by atoms with Gasteiger partial charge in [0.1, 0.15) is 5.01 Å². The molecule has 1 saturated heterocycles. The fraction of sp³-hybridized carbons (Fsp3) is 0.200. The number of nitrogens with zero attached hydrogens (tertiary/aromatic N) is 3. The fourth-order valence-corrected chi connectivity index (χ4v) is 4.01. The maximum absolute atomic E-state index is 12.5. The Morgan fingerprint density at radius 2 is 1.85 bits per heavy atom. The molecule has 6 nitrogen and oxygen atoms in total. The van der Waals surface area contributed by atoms with Gasteiger partial charge in [0.2, 0.25) is 11.0 Å². The summed E-state index contributed by atoms with van der Waals surface area (Å²) in [4.78, 5) is 26.5. The van der Waals surface area contributed by atoms with E-state index in [0.29, 0.717) is 23.7 Å². The first kappa shape index (κ1) is 17.4. The van der Waals surface area contributed by atoms with Gasteiger partial charge in [-0.25, -0.2) is 0 Å². The van der Waals surface area contributed by atoms with E-state index in [1.807, 2.05) is 54.3 Å². The van der Waals surface area contributed by atoms with E-state index in [4.69, 9.17) is 0 Å². The van der Waals surface area contributed by atoms with Crippen molar-refractivity contribution in [2.24, 2.45) is 0 Å². The lowest BCUT2D eigenvalue weighted by Gasteiger charge is -2.18. The molecule has 27 heavy (non-hydrogen) atoms. The van der Waals surface area contributed by atoms with Gasteiger partial charge in [0.05, 0.1) is 0 Å². The van der Waals surface area contributed by atoms with Crippen LogP contribution in [-0.2, 0) is 4.79 Å². The zero-order chi connectivity index (χ0) is 18.8. The Kier molecular flexibility index (Phi) is 4.68. The van der Waals surface area contributed by atoms with Crippen LogP contribution < -0.4 is 10.2 Å². The van der Waals surface area contributed by atoms with Crippen molar-refractivity contribution in [3.8, 4) is 0 Å². The Labute approximate surface area is 160 Å². The molecule has 2 amide bonds. The first-order chi connectivity index (χ1) is 13.1. The second-order valence-electron chi connectivity index (χ2n) is 6.46. The molecule has 7 heteroatoms. The Morgan fingerprint density at radius 3 is 2.63 bits per heavy atom. The Bertz CT molecular complexity index is 986. The minimum absolute atomic E-state index is 0.0167. The molecule has 1 aliphatic rings. The van der Waals surface area contributed by atoms with Crippen LogP contribution in [0.3, 0.4) is 0 Å². The Balaban J connectivity index is 1.47. The predicted octanol–water partition coefficient (Wildman–Crippen LogP) is 3.62. The van der Waals surface area contributed by atoms with E-state index in [-0.39, 0.29) is 17.7 Å². The average Bonchev–Trinajstić information content (AvgIpc) is 3.29. The molecular weight excluding hydrogens is 360 g/mol. The lowest BCUT2D eigenvalue weighted by atomic mass is 10.1. The van der Waals surface area contributed by atoms with Crippen LogP contribution in [0, 0.1) is 6.92 Å². The van der Waals surface area contributed by atoms with Gasteiger partial charge >= 0.3 is 0 Å². The molecule has 2 heterocycles. The van der Waals surface area contributed by atoms with E-state index in [9.17, 15) is 9.59 Å². The third kappa shape index (κ3) is 3.59. The van der Waals surface area contributed by atoms with Crippen LogP contribution >= 0.6 is 11.3 Å². The van der Waals surface area contributed by atoms with Gasteiger partial charge in [0.25, 0.3) is 5.91 Å². The highest BCUT2D eigenvalue weighted by molar-refractivity contribution is 7.15. The highest BCUT2D eigenvalue weighted by atomic mass is 32.1. The first-order valence-corrected chi connectivity index (χ1v) is 9.49. The zero-order valence-corrected chi connectivity index (χ0v) is 15.6.